The third kappa shape index (κ3) is 5.42. The number of benzene rings is 1. The van der Waals surface area contributed by atoms with Gasteiger partial charge in [-0.15, -0.1) is 0 Å². The number of anilines is 1. The molecule has 28 heavy (non-hydrogen) atoms. The Morgan fingerprint density at radius 3 is 2.89 bits per heavy atom. The number of hydrogen-bond donors (Lipinski definition) is 1. The average Bonchev–Trinajstić information content (AvgIpc) is 3.05. The first-order valence-corrected chi connectivity index (χ1v) is 9.67. The molecule has 1 aliphatic heterocycles. The van der Waals surface area contributed by atoms with Gasteiger partial charge in [-0.2, -0.15) is 0 Å². The Labute approximate surface area is 165 Å². The average molecular weight is 385 g/mol. The second-order valence-electron chi connectivity index (χ2n) is 7.50. The summed E-state index contributed by atoms with van der Waals surface area (Å²) in [5.41, 5.74) is 0.660. The molecule has 1 saturated heterocycles. The van der Waals surface area contributed by atoms with Gasteiger partial charge in [0.25, 0.3) is 0 Å². The van der Waals surface area contributed by atoms with Crippen LogP contribution in [0.3, 0.4) is 0 Å². The zero-order valence-corrected chi connectivity index (χ0v) is 16.6. The van der Waals surface area contributed by atoms with Crippen molar-refractivity contribution in [2.24, 2.45) is 5.92 Å². The van der Waals surface area contributed by atoms with Crippen LogP contribution in [0.15, 0.2) is 34.9 Å². The summed E-state index contributed by atoms with van der Waals surface area (Å²) in [5, 5.41) is 6.49. The molecule has 1 amide bonds. The number of Topliss-reactive ketones (excluding diaryl/α,β-unsaturated/α-hetero) is 1. The minimum absolute atomic E-state index is 0.0579. The Bertz CT molecular complexity index is 831. The fourth-order valence-corrected chi connectivity index (χ4v) is 3.45. The van der Waals surface area contributed by atoms with E-state index in [1.165, 1.54) is 0 Å². The molecule has 2 heterocycles. The second-order valence-corrected chi connectivity index (χ2v) is 7.50. The Balaban J connectivity index is 1.58. The fraction of sp³-hybridized carbons (Fsp3) is 0.476. The van der Waals surface area contributed by atoms with Gasteiger partial charge in [0, 0.05) is 24.1 Å². The van der Waals surface area contributed by atoms with Crippen LogP contribution in [0.25, 0.3) is 0 Å². The predicted octanol–water partition coefficient (Wildman–Crippen LogP) is 3.30. The van der Waals surface area contributed by atoms with Crippen LogP contribution < -0.4 is 10.1 Å². The maximum Gasteiger partial charge on any atom is 0.239 e. The van der Waals surface area contributed by atoms with Gasteiger partial charge in [-0.25, -0.2) is 0 Å². The van der Waals surface area contributed by atoms with Crippen molar-refractivity contribution in [1.82, 2.24) is 10.1 Å². The molecule has 1 atom stereocenters. The van der Waals surface area contributed by atoms with Crippen molar-refractivity contribution in [2.75, 3.05) is 25.0 Å². The van der Waals surface area contributed by atoms with Gasteiger partial charge in [-0.1, -0.05) is 17.3 Å². The molecule has 1 aliphatic rings. The van der Waals surface area contributed by atoms with Crippen LogP contribution in [-0.2, 0) is 4.79 Å². The number of nitrogens with zero attached hydrogens (tertiary/aromatic N) is 2. The van der Waals surface area contributed by atoms with E-state index in [4.69, 9.17) is 9.26 Å². The number of nitrogens with one attached hydrogen (secondary N) is 1. The standard InChI is InChI=1S/C21H27N3O4/c1-14(2)27-18-8-4-6-16(11-18)21(26)17-7-5-9-24(12-17)13-20(25)22-19-10-15(3)28-23-19/h4,6,8,10-11,14,17H,5,7,9,12-13H2,1-3H3,(H,22,23,25). The zero-order chi connectivity index (χ0) is 20.1. The molecule has 1 aromatic heterocycles. The van der Waals surface area contributed by atoms with Crippen LogP contribution in [-0.4, -0.2) is 47.5 Å². The Morgan fingerprint density at radius 1 is 1.36 bits per heavy atom. The van der Waals surface area contributed by atoms with Crippen molar-refractivity contribution >= 4 is 17.5 Å². The summed E-state index contributed by atoms with van der Waals surface area (Å²) in [6.07, 6.45) is 1.77. The Morgan fingerprint density at radius 2 is 2.18 bits per heavy atom. The molecule has 0 spiro atoms. The van der Waals surface area contributed by atoms with Crippen LogP contribution in [0.1, 0.15) is 42.8 Å². The number of ketones is 1. The molecule has 0 aliphatic carbocycles. The largest absolute Gasteiger partial charge is 0.491 e. The second kappa shape index (κ2) is 9.01. The van der Waals surface area contributed by atoms with Crippen molar-refractivity contribution < 1.29 is 18.8 Å². The lowest BCUT2D eigenvalue weighted by atomic mass is 9.90. The summed E-state index contributed by atoms with van der Waals surface area (Å²) < 4.78 is 10.6. The molecular weight excluding hydrogens is 358 g/mol. The zero-order valence-electron chi connectivity index (χ0n) is 16.6. The molecule has 150 valence electrons. The van der Waals surface area contributed by atoms with E-state index < -0.39 is 0 Å². The monoisotopic (exact) mass is 385 g/mol. The third-order valence-corrected chi connectivity index (χ3v) is 4.63. The van der Waals surface area contributed by atoms with Gasteiger partial charge in [-0.05, 0) is 52.3 Å². The Hall–Kier alpha value is -2.67. The molecule has 7 nitrogen and oxygen atoms in total. The highest BCUT2D eigenvalue weighted by Gasteiger charge is 2.28. The number of carbonyl (C=O) groups excluding carboxylic acids is 2. The predicted molar refractivity (Wildman–Crippen MR) is 106 cm³/mol. The van der Waals surface area contributed by atoms with Crippen molar-refractivity contribution in [3.05, 3.63) is 41.7 Å². The molecule has 1 N–H and O–H groups in total. The molecule has 0 radical (unpaired) electrons. The highest BCUT2D eigenvalue weighted by molar-refractivity contribution is 5.98. The van der Waals surface area contributed by atoms with Crippen molar-refractivity contribution in [2.45, 2.75) is 39.7 Å². The van der Waals surface area contributed by atoms with Crippen molar-refractivity contribution in [3.8, 4) is 5.75 Å². The lowest BCUT2D eigenvalue weighted by molar-refractivity contribution is -0.117. The first-order chi connectivity index (χ1) is 13.4. The molecule has 2 aromatic rings. The summed E-state index contributed by atoms with van der Waals surface area (Å²) in [7, 11) is 0. The number of aryl methyl sites for hydroxylation is 1. The quantitative estimate of drug-likeness (QED) is 0.736. The van der Waals surface area contributed by atoms with Gasteiger partial charge in [-0.3, -0.25) is 14.5 Å². The first-order valence-electron chi connectivity index (χ1n) is 9.67. The van der Waals surface area contributed by atoms with Crippen LogP contribution in [0.2, 0.25) is 0 Å². The van der Waals surface area contributed by atoms with Gasteiger partial charge in [0.15, 0.2) is 11.6 Å². The van der Waals surface area contributed by atoms with Crippen LogP contribution in [0.5, 0.6) is 5.75 Å². The molecule has 1 fully saturated rings. The van der Waals surface area contributed by atoms with E-state index in [1.807, 2.05) is 36.9 Å². The van der Waals surface area contributed by atoms with Gasteiger partial charge >= 0.3 is 0 Å². The number of hydrogen-bond acceptors (Lipinski definition) is 6. The molecule has 1 unspecified atom stereocenters. The van der Waals surface area contributed by atoms with E-state index in [9.17, 15) is 9.59 Å². The minimum atomic E-state index is -0.159. The molecule has 1 aromatic carbocycles. The molecule has 0 saturated carbocycles. The first kappa shape index (κ1) is 20.1. The summed E-state index contributed by atoms with van der Waals surface area (Å²) in [6, 6.07) is 9.01. The van der Waals surface area contributed by atoms with Crippen LogP contribution in [0.4, 0.5) is 5.82 Å². The van der Waals surface area contributed by atoms with Crippen LogP contribution in [0, 0.1) is 12.8 Å². The fourth-order valence-electron chi connectivity index (χ4n) is 3.45. The van der Waals surface area contributed by atoms with Crippen molar-refractivity contribution in [3.63, 3.8) is 0 Å². The minimum Gasteiger partial charge on any atom is -0.491 e. The smallest absolute Gasteiger partial charge is 0.239 e. The Kier molecular flexibility index (Phi) is 6.46. The lowest BCUT2D eigenvalue weighted by Gasteiger charge is -2.31. The summed E-state index contributed by atoms with van der Waals surface area (Å²) in [6.45, 7) is 7.28. The molecular formula is C21H27N3O4. The van der Waals surface area contributed by atoms with Gasteiger partial charge in [0.2, 0.25) is 5.91 Å². The maximum absolute atomic E-state index is 13.0. The maximum atomic E-state index is 13.0. The third-order valence-electron chi connectivity index (χ3n) is 4.63. The van der Waals surface area contributed by atoms with E-state index in [-0.39, 0.29) is 30.3 Å². The van der Waals surface area contributed by atoms with E-state index in [0.717, 1.165) is 19.4 Å². The number of likely N-dealkylation sites (tertiary alicyclic amines) is 1. The van der Waals surface area contributed by atoms with E-state index >= 15 is 0 Å². The SMILES string of the molecule is Cc1cc(NC(=O)CN2CCCC(C(=O)c3cccc(OC(C)C)c3)C2)no1. The number of rotatable bonds is 7. The number of aromatic nitrogens is 1. The summed E-state index contributed by atoms with van der Waals surface area (Å²) in [5.74, 6) is 1.58. The summed E-state index contributed by atoms with van der Waals surface area (Å²) >= 11 is 0. The number of carbonyl (C=O) groups is 2. The number of amides is 1. The van der Waals surface area contributed by atoms with Crippen molar-refractivity contribution in [1.29, 1.82) is 0 Å². The topological polar surface area (TPSA) is 84.7 Å². The lowest BCUT2D eigenvalue weighted by Crippen LogP contribution is -2.42. The number of piperidine rings is 1. The highest BCUT2D eigenvalue weighted by atomic mass is 16.5. The molecule has 3 rings (SSSR count). The molecule has 7 heteroatoms. The van der Waals surface area contributed by atoms with Gasteiger partial charge in [0.1, 0.15) is 11.5 Å². The normalized spacial score (nSPS) is 17.5. The highest BCUT2D eigenvalue weighted by Crippen LogP contribution is 2.23. The van der Waals surface area contributed by atoms with E-state index in [1.54, 1.807) is 19.1 Å². The van der Waals surface area contributed by atoms with Crippen LogP contribution >= 0.6 is 0 Å². The van der Waals surface area contributed by atoms with Gasteiger partial charge in [0.05, 0.1) is 12.6 Å². The summed E-state index contributed by atoms with van der Waals surface area (Å²) in [4.78, 5) is 27.2. The van der Waals surface area contributed by atoms with Gasteiger partial charge < -0.3 is 14.6 Å². The van der Waals surface area contributed by atoms with E-state index in [0.29, 0.717) is 29.4 Å². The molecule has 0 bridgehead atoms. The number of ether oxygens (including phenoxy) is 1. The van der Waals surface area contributed by atoms with E-state index in [2.05, 4.69) is 10.5 Å².